The van der Waals surface area contributed by atoms with E-state index in [0.29, 0.717) is 18.6 Å². The zero-order chi connectivity index (χ0) is 18.5. The van der Waals surface area contributed by atoms with Gasteiger partial charge >= 0.3 is 6.09 Å². The van der Waals surface area contributed by atoms with E-state index in [9.17, 15) is 9.90 Å². The van der Waals surface area contributed by atoms with Crippen LogP contribution in [0.1, 0.15) is 29.8 Å². The summed E-state index contributed by atoms with van der Waals surface area (Å²) in [6.45, 7) is 1.98. The number of benzene rings is 2. The van der Waals surface area contributed by atoms with Crippen LogP contribution in [0.25, 0.3) is 11.3 Å². The molecule has 0 bridgehead atoms. The molecule has 0 unspecified atom stereocenters. The lowest BCUT2D eigenvalue weighted by atomic mass is 9.94. The molecule has 0 fully saturated rings. The lowest BCUT2D eigenvalue weighted by Crippen LogP contribution is -2.29. The van der Waals surface area contributed by atoms with Crippen molar-refractivity contribution < 1.29 is 14.4 Å². The molecule has 0 aliphatic rings. The van der Waals surface area contributed by atoms with Gasteiger partial charge in [-0.3, -0.25) is 0 Å². The van der Waals surface area contributed by atoms with Gasteiger partial charge in [-0.05, 0) is 30.5 Å². The monoisotopic (exact) mass is 414 g/mol. The summed E-state index contributed by atoms with van der Waals surface area (Å²) < 4.78 is 6.58. The zero-order valence-electron chi connectivity index (χ0n) is 14.3. The first-order valence-electron chi connectivity index (χ1n) is 8.36. The van der Waals surface area contributed by atoms with E-state index in [1.165, 1.54) is 0 Å². The molecule has 1 aromatic heterocycles. The Hall–Kier alpha value is -2.60. The molecule has 6 heteroatoms. The third kappa shape index (κ3) is 4.14. The number of carboxylic acid groups (broad SMARTS) is 1. The predicted molar refractivity (Wildman–Crippen MR) is 103 cm³/mol. The van der Waals surface area contributed by atoms with Crippen molar-refractivity contribution in [1.82, 2.24) is 10.5 Å². The molecule has 1 amide bonds. The van der Waals surface area contributed by atoms with E-state index in [1.807, 2.05) is 61.5 Å². The average Bonchev–Trinajstić information content (AvgIpc) is 3.06. The third-order valence-electron chi connectivity index (χ3n) is 4.17. The van der Waals surface area contributed by atoms with E-state index in [1.54, 1.807) is 0 Å². The molecule has 0 spiro atoms. The molecule has 5 nitrogen and oxygen atoms in total. The molecule has 3 rings (SSSR count). The Labute approximate surface area is 160 Å². The quantitative estimate of drug-likeness (QED) is 0.579. The fourth-order valence-corrected chi connectivity index (χ4v) is 3.24. The highest BCUT2D eigenvalue weighted by Crippen LogP contribution is 2.34. The van der Waals surface area contributed by atoms with Crippen LogP contribution in [0.2, 0.25) is 0 Å². The van der Waals surface area contributed by atoms with Gasteiger partial charge in [-0.25, -0.2) is 4.79 Å². The minimum atomic E-state index is -1.07. The number of amides is 1. The van der Waals surface area contributed by atoms with Gasteiger partial charge in [0.1, 0.15) is 0 Å². The number of nitrogens with zero attached hydrogens (tertiary/aromatic N) is 1. The summed E-state index contributed by atoms with van der Waals surface area (Å²) >= 11 is 3.43. The maximum atomic E-state index is 11.4. The van der Waals surface area contributed by atoms with E-state index >= 15 is 0 Å². The lowest BCUT2D eigenvalue weighted by Gasteiger charge is -2.18. The van der Waals surface area contributed by atoms with E-state index in [-0.39, 0.29) is 0 Å². The van der Waals surface area contributed by atoms with Crippen molar-refractivity contribution in [3.05, 3.63) is 75.9 Å². The number of hydrogen-bond acceptors (Lipinski definition) is 3. The summed E-state index contributed by atoms with van der Waals surface area (Å²) in [6, 6.07) is 17.0. The molecule has 134 valence electrons. The Morgan fingerprint density at radius 2 is 1.88 bits per heavy atom. The van der Waals surface area contributed by atoms with Crippen LogP contribution in [0.5, 0.6) is 0 Å². The maximum absolute atomic E-state index is 11.4. The molecular formula is C20H19BrN2O3. The number of rotatable bonds is 6. The second-order valence-electron chi connectivity index (χ2n) is 5.92. The van der Waals surface area contributed by atoms with E-state index in [0.717, 1.165) is 26.9 Å². The molecule has 0 saturated heterocycles. The van der Waals surface area contributed by atoms with E-state index in [4.69, 9.17) is 4.52 Å². The summed E-state index contributed by atoms with van der Waals surface area (Å²) in [5.74, 6) is 0.601. The summed E-state index contributed by atoms with van der Waals surface area (Å²) in [5, 5.41) is 16.2. The molecule has 0 saturated carbocycles. The normalized spacial score (nSPS) is 11.9. The van der Waals surface area contributed by atoms with Crippen LogP contribution in [0.3, 0.4) is 0 Å². The molecule has 2 aromatic carbocycles. The lowest BCUT2D eigenvalue weighted by molar-refractivity contribution is 0.189. The van der Waals surface area contributed by atoms with Crippen LogP contribution in [0.4, 0.5) is 4.79 Å². The van der Waals surface area contributed by atoms with Crippen LogP contribution in [0, 0.1) is 0 Å². The Balaban J connectivity index is 2.05. The highest BCUT2D eigenvalue weighted by molar-refractivity contribution is 9.10. The highest BCUT2D eigenvalue weighted by atomic mass is 79.9. The number of halogens is 1. The van der Waals surface area contributed by atoms with E-state index < -0.39 is 12.1 Å². The van der Waals surface area contributed by atoms with Crippen molar-refractivity contribution in [2.24, 2.45) is 0 Å². The van der Waals surface area contributed by atoms with Gasteiger partial charge in [0, 0.05) is 15.6 Å². The Morgan fingerprint density at radius 3 is 2.50 bits per heavy atom. The highest BCUT2D eigenvalue weighted by Gasteiger charge is 2.26. The van der Waals surface area contributed by atoms with Crippen LogP contribution >= 0.6 is 15.9 Å². The van der Waals surface area contributed by atoms with Crippen molar-refractivity contribution in [3.8, 4) is 11.3 Å². The van der Waals surface area contributed by atoms with Crippen LogP contribution in [-0.2, 0) is 12.8 Å². The van der Waals surface area contributed by atoms with Gasteiger partial charge in [-0.1, -0.05) is 70.5 Å². The smallest absolute Gasteiger partial charge is 0.405 e. The maximum Gasteiger partial charge on any atom is 0.405 e. The molecule has 0 aliphatic heterocycles. The second kappa shape index (κ2) is 8.19. The summed E-state index contributed by atoms with van der Waals surface area (Å²) in [4.78, 5) is 11.4. The molecule has 0 aliphatic carbocycles. The first-order chi connectivity index (χ1) is 12.6. The number of aryl methyl sites for hydroxylation is 1. The minimum absolute atomic E-state index is 0.449. The first-order valence-corrected chi connectivity index (χ1v) is 9.15. The van der Waals surface area contributed by atoms with Crippen LogP contribution in [0.15, 0.2) is 63.6 Å². The van der Waals surface area contributed by atoms with Crippen molar-refractivity contribution in [2.45, 2.75) is 25.8 Å². The van der Waals surface area contributed by atoms with Gasteiger partial charge in [0.2, 0.25) is 0 Å². The van der Waals surface area contributed by atoms with Gasteiger partial charge < -0.3 is 14.9 Å². The number of nitrogens with one attached hydrogen (secondary N) is 1. The largest absolute Gasteiger partial charge is 0.465 e. The number of aromatic nitrogens is 1. The van der Waals surface area contributed by atoms with E-state index in [2.05, 4.69) is 26.4 Å². The molecule has 1 heterocycles. The predicted octanol–water partition coefficient (Wildman–Crippen LogP) is 5.22. The molecule has 0 radical (unpaired) electrons. The number of hydrogen-bond donors (Lipinski definition) is 2. The van der Waals surface area contributed by atoms with Crippen LogP contribution in [-0.4, -0.2) is 16.4 Å². The van der Waals surface area contributed by atoms with Crippen molar-refractivity contribution in [2.75, 3.05) is 0 Å². The summed E-state index contributed by atoms with van der Waals surface area (Å²) in [6.07, 6.45) is 0.100. The summed E-state index contributed by atoms with van der Waals surface area (Å²) in [5.41, 5.74) is 3.45. The van der Waals surface area contributed by atoms with Gasteiger partial charge in [-0.2, -0.15) is 0 Å². The van der Waals surface area contributed by atoms with Gasteiger partial charge in [-0.15, -0.1) is 0 Å². The van der Waals surface area contributed by atoms with Crippen molar-refractivity contribution in [3.63, 3.8) is 0 Å². The minimum Gasteiger partial charge on any atom is -0.465 e. The van der Waals surface area contributed by atoms with Gasteiger partial charge in [0.25, 0.3) is 0 Å². The third-order valence-corrected chi connectivity index (χ3v) is 4.70. The zero-order valence-corrected chi connectivity index (χ0v) is 15.9. The number of carbonyl (C=O) groups is 1. The standard InChI is InChI=1S/C20H19BrN2O3/c1-2-16-18(19(26-23-16)14-8-10-15(21)11-9-14)17(22-20(24)25)12-13-6-4-3-5-7-13/h3-11,17,22H,2,12H2,1H3,(H,24,25)/t17-/m1/s1. The molecule has 26 heavy (non-hydrogen) atoms. The Kier molecular flexibility index (Phi) is 5.73. The molecule has 1 atom stereocenters. The van der Waals surface area contributed by atoms with Gasteiger partial charge in [0.15, 0.2) is 5.76 Å². The van der Waals surface area contributed by atoms with Crippen molar-refractivity contribution in [1.29, 1.82) is 0 Å². The fourth-order valence-electron chi connectivity index (χ4n) is 2.98. The molecule has 2 N–H and O–H groups in total. The van der Waals surface area contributed by atoms with Crippen LogP contribution < -0.4 is 5.32 Å². The second-order valence-corrected chi connectivity index (χ2v) is 6.84. The molecular weight excluding hydrogens is 396 g/mol. The Bertz CT molecular complexity index is 876. The van der Waals surface area contributed by atoms with Crippen molar-refractivity contribution >= 4 is 22.0 Å². The van der Waals surface area contributed by atoms with Gasteiger partial charge in [0.05, 0.1) is 11.7 Å². The SMILES string of the molecule is CCc1noc(-c2ccc(Br)cc2)c1[C@@H](Cc1ccccc1)NC(=O)O. The average molecular weight is 415 g/mol. The Morgan fingerprint density at radius 1 is 1.19 bits per heavy atom. The fraction of sp³-hybridized carbons (Fsp3) is 0.200. The molecule has 3 aromatic rings. The first kappa shape index (κ1) is 18.2. The topological polar surface area (TPSA) is 75.4 Å². The summed E-state index contributed by atoms with van der Waals surface area (Å²) in [7, 11) is 0.